The SMILES string of the molecule is CCCCCCCCCC(I)C=O. The van der Waals surface area contributed by atoms with E-state index in [1.165, 1.54) is 44.9 Å². The Kier molecular flexibility index (Phi) is 10.8. The second kappa shape index (κ2) is 10.5. The molecule has 0 aromatic heterocycles. The fourth-order valence-corrected chi connectivity index (χ4v) is 1.80. The van der Waals surface area contributed by atoms with Gasteiger partial charge in [-0.3, -0.25) is 0 Å². The van der Waals surface area contributed by atoms with E-state index in [0.717, 1.165) is 12.7 Å². The zero-order valence-corrected chi connectivity index (χ0v) is 10.8. The summed E-state index contributed by atoms with van der Waals surface area (Å²) < 4.78 is 0.244. The van der Waals surface area contributed by atoms with Crippen molar-refractivity contribution in [1.82, 2.24) is 0 Å². The topological polar surface area (TPSA) is 17.1 Å². The predicted molar refractivity (Wildman–Crippen MR) is 66.5 cm³/mol. The molecule has 0 spiro atoms. The van der Waals surface area contributed by atoms with Gasteiger partial charge in [-0.05, 0) is 6.42 Å². The highest BCUT2D eigenvalue weighted by atomic mass is 127. The van der Waals surface area contributed by atoms with Crippen LogP contribution < -0.4 is 0 Å². The van der Waals surface area contributed by atoms with Crippen molar-refractivity contribution in [3.8, 4) is 0 Å². The molecule has 2 heteroatoms. The fourth-order valence-electron chi connectivity index (χ4n) is 1.36. The van der Waals surface area contributed by atoms with Crippen LogP contribution in [0, 0.1) is 0 Å². The number of carbonyl (C=O) groups is 1. The van der Waals surface area contributed by atoms with E-state index < -0.39 is 0 Å². The van der Waals surface area contributed by atoms with Crippen LogP contribution in [0.2, 0.25) is 0 Å². The molecule has 0 N–H and O–H groups in total. The van der Waals surface area contributed by atoms with Crippen LogP contribution in [-0.4, -0.2) is 10.2 Å². The molecule has 0 saturated heterocycles. The van der Waals surface area contributed by atoms with Crippen molar-refractivity contribution in [3.05, 3.63) is 0 Å². The lowest BCUT2D eigenvalue weighted by atomic mass is 10.1. The number of alkyl halides is 1. The highest BCUT2D eigenvalue weighted by molar-refractivity contribution is 14.1. The van der Waals surface area contributed by atoms with Crippen molar-refractivity contribution in [2.24, 2.45) is 0 Å². The molecule has 0 rings (SSSR count). The molecular formula is C11H21IO. The Labute approximate surface area is 95.8 Å². The fraction of sp³-hybridized carbons (Fsp3) is 0.909. The molecular weight excluding hydrogens is 275 g/mol. The van der Waals surface area contributed by atoms with Crippen LogP contribution in [0.4, 0.5) is 0 Å². The smallest absolute Gasteiger partial charge is 0.132 e. The van der Waals surface area contributed by atoms with Gasteiger partial charge >= 0.3 is 0 Å². The second-order valence-corrected chi connectivity index (χ2v) is 5.16. The van der Waals surface area contributed by atoms with Gasteiger partial charge in [-0.15, -0.1) is 0 Å². The first-order chi connectivity index (χ1) is 6.31. The minimum atomic E-state index is 0.244. The summed E-state index contributed by atoms with van der Waals surface area (Å²) in [7, 11) is 0. The number of carbonyl (C=O) groups excluding carboxylic acids is 1. The molecule has 1 unspecified atom stereocenters. The number of unbranched alkanes of at least 4 members (excludes halogenated alkanes) is 6. The third-order valence-corrected chi connectivity index (χ3v) is 3.15. The number of halogens is 1. The van der Waals surface area contributed by atoms with E-state index >= 15 is 0 Å². The molecule has 1 nitrogen and oxygen atoms in total. The van der Waals surface area contributed by atoms with Gasteiger partial charge in [0, 0.05) is 0 Å². The number of rotatable bonds is 9. The maximum absolute atomic E-state index is 10.3. The monoisotopic (exact) mass is 296 g/mol. The van der Waals surface area contributed by atoms with Crippen molar-refractivity contribution in [2.45, 2.75) is 62.2 Å². The number of aldehydes is 1. The zero-order valence-electron chi connectivity index (χ0n) is 8.60. The summed E-state index contributed by atoms with van der Waals surface area (Å²) >= 11 is 2.21. The minimum absolute atomic E-state index is 0.244. The highest BCUT2D eigenvalue weighted by Crippen LogP contribution is 2.12. The van der Waals surface area contributed by atoms with E-state index in [1.54, 1.807) is 0 Å². The average Bonchev–Trinajstić information content (AvgIpc) is 2.16. The van der Waals surface area contributed by atoms with Crippen molar-refractivity contribution in [1.29, 1.82) is 0 Å². The van der Waals surface area contributed by atoms with Crippen molar-refractivity contribution in [2.75, 3.05) is 0 Å². The van der Waals surface area contributed by atoms with Crippen molar-refractivity contribution in [3.63, 3.8) is 0 Å². The lowest BCUT2D eigenvalue weighted by Gasteiger charge is -2.02. The van der Waals surface area contributed by atoms with Crippen LogP contribution in [-0.2, 0) is 4.79 Å². The third kappa shape index (κ3) is 10.3. The molecule has 0 aromatic rings. The van der Waals surface area contributed by atoms with Crippen molar-refractivity contribution < 1.29 is 4.79 Å². The van der Waals surface area contributed by atoms with Crippen LogP contribution in [0.1, 0.15) is 58.3 Å². The van der Waals surface area contributed by atoms with Gasteiger partial charge in [0.2, 0.25) is 0 Å². The van der Waals surface area contributed by atoms with Crippen molar-refractivity contribution >= 4 is 28.9 Å². The maximum Gasteiger partial charge on any atom is 0.132 e. The predicted octanol–water partition coefficient (Wildman–Crippen LogP) is 4.13. The first-order valence-corrected chi connectivity index (χ1v) is 6.65. The normalized spacial score (nSPS) is 12.8. The van der Waals surface area contributed by atoms with Gasteiger partial charge in [0.15, 0.2) is 0 Å². The van der Waals surface area contributed by atoms with E-state index in [1.807, 2.05) is 0 Å². The van der Waals surface area contributed by atoms with Gasteiger partial charge in [-0.25, -0.2) is 0 Å². The largest absolute Gasteiger partial charge is 0.302 e. The van der Waals surface area contributed by atoms with Gasteiger partial charge in [-0.2, -0.15) is 0 Å². The molecule has 13 heavy (non-hydrogen) atoms. The Morgan fingerprint density at radius 3 is 2.15 bits per heavy atom. The van der Waals surface area contributed by atoms with Gasteiger partial charge in [-0.1, -0.05) is 74.5 Å². The Hall–Kier alpha value is 0.400. The summed E-state index contributed by atoms with van der Waals surface area (Å²) in [5, 5.41) is 0. The maximum atomic E-state index is 10.3. The van der Waals surface area contributed by atoms with Gasteiger partial charge in [0.05, 0.1) is 3.92 Å². The lowest BCUT2D eigenvalue weighted by Crippen LogP contribution is -1.97. The molecule has 0 amide bonds. The minimum Gasteiger partial charge on any atom is -0.302 e. The molecule has 0 aliphatic heterocycles. The highest BCUT2D eigenvalue weighted by Gasteiger charge is 1.99. The second-order valence-electron chi connectivity index (χ2n) is 3.56. The van der Waals surface area contributed by atoms with E-state index in [9.17, 15) is 4.79 Å². The Morgan fingerprint density at radius 2 is 1.62 bits per heavy atom. The molecule has 0 saturated carbocycles. The molecule has 0 fully saturated rings. The van der Waals surface area contributed by atoms with Gasteiger partial charge in [0.1, 0.15) is 6.29 Å². The van der Waals surface area contributed by atoms with E-state index in [-0.39, 0.29) is 3.92 Å². The Bertz CT molecular complexity index is 115. The van der Waals surface area contributed by atoms with Crippen LogP contribution >= 0.6 is 22.6 Å². The molecule has 0 aliphatic rings. The molecule has 0 aliphatic carbocycles. The van der Waals surface area contributed by atoms with Crippen LogP contribution in [0.3, 0.4) is 0 Å². The molecule has 78 valence electrons. The summed E-state index contributed by atoms with van der Waals surface area (Å²) in [5.74, 6) is 0. The zero-order chi connectivity index (χ0) is 9.94. The third-order valence-electron chi connectivity index (χ3n) is 2.23. The molecule has 0 aromatic carbocycles. The summed E-state index contributed by atoms with van der Waals surface area (Å²) in [6, 6.07) is 0. The number of hydrogen-bond donors (Lipinski definition) is 0. The van der Waals surface area contributed by atoms with E-state index in [2.05, 4.69) is 29.5 Å². The Balaban J connectivity index is 2.95. The first kappa shape index (κ1) is 13.4. The van der Waals surface area contributed by atoms with Crippen LogP contribution in [0.15, 0.2) is 0 Å². The van der Waals surface area contributed by atoms with Crippen LogP contribution in [0.5, 0.6) is 0 Å². The Morgan fingerprint density at radius 1 is 1.08 bits per heavy atom. The first-order valence-electron chi connectivity index (χ1n) is 5.40. The summed E-state index contributed by atoms with van der Waals surface area (Å²) in [5.41, 5.74) is 0. The molecule has 0 bridgehead atoms. The standard InChI is InChI=1S/C11H21IO/c1-2-3-4-5-6-7-8-9-11(12)10-13/h10-11H,2-9H2,1H3. The van der Waals surface area contributed by atoms with E-state index in [0.29, 0.717) is 0 Å². The van der Waals surface area contributed by atoms with Gasteiger partial charge < -0.3 is 4.79 Å². The van der Waals surface area contributed by atoms with Crippen LogP contribution in [0.25, 0.3) is 0 Å². The average molecular weight is 296 g/mol. The summed E-state index contributed by atoms with van der Waals surface area (Å²) in [6.45, 7) is 2.24. The summed E-state index contributed by atoms with van der Waals surface area (Å²) in [6.07, 6.45) is 11.5. The molecule has 0 heterocycles. The number of hydrogen-bond acceptors (Lipinski definition) is 1. The van der Waals surface area contributed by atoms with E-state index in [4.69, 9.17) is 0 Å². The molecule has 1 atom stereocenters. The molecule has 0 radical (unpaired) electrons. The van der Waals surface area contributed by atoms with Gasteiger partial charge in [0.25, 0.3) is 0 Å². The quantitative estimate of drug-likeness (QED) is 0.270. The lowest BCUT2D eigenvalue weighted by molar-refractivity contribution is -0.107. The summed E-state index contributed by atoms with van der Waals surface area (Å²) in [4.78, 5) is 10.3.